The van der Waals surface area contributed by atoms with Crippen LogP contribution in [0.5, 0.6) is 0 Å². The second kappa shape index (κ2) is 4.78. The number of rotatable bonds is 0. The monoisotopic (exact) mass is 203 g/mol. The van der Waals surface area contributed by atoms with Crippen molar-refractivity contribution in [3.05, 3.63) is 45.7 Å². The molecule has 0 saturated carbocycles. The van der Waals surface area contributed by atoms with E-state index in [9.17, 15) is 4.79 Å². The molecule has 2 rings (SSSR count). The number of aromatic nitrogens is 1. The number of hydrogen-bond acceptors (Lipinski definition) is 1. The highest BCUT2D eigenvalue weighted by atomic mass is 16.1. The van der Waals surface area contributed by atoms with Crippen LogP contribution in [0.2, 0.25) is 0 Å². The van der Waals surface area contributed by atoms with Gasteiger partial charge in [0.25, 0.3) is 5.56 Å². The molecule has 0 bridgehead atoms. The van der Waals surface area contributed by atoms with E-state index in [0.29, 0.717) is 0 Å². The van der Waals surface area contributed by atoms with Crippen molar-refractivity contribution in [3.8, 4) is 0 Å². The Morgan fingerprint density at radius 1 is 1.00 bits per heavy atom. The molecule has 2 heteroatoms. The molecule has 0 aliphatic carbocycles. The van der Waals surface area contributed by atoms with Gasteiger partial charge >= 0.3 is 0 Å². The third-order valence-electron chi connectivity index (χ3n) is 2.48. The average Bonchev–Trinajstić information content (AvgIpc) is 2.29. The highest BCUT2D eigenvalue weighted by Crippen LogP contribution is 2.15. The fraction of sp³-hybridized carbons (Fsp3) is 0.308. The number of hydrogen-bond donors (Lipinski definition) is 1. The molecule has 0 atom stereocenters. The molecule has 1 aromatic heterocycles. The van der Waals surface area contributed by atoms with E-state index in [1.54, 1.807) is 0 Å². The van der Waals surface area contributed by atoms with Gasteiger partial charge in [-0.15, -0.1) is 0 Å². The number of fused-ring (bicyclic) bond motifs is 1. The van der Waals surface area contributed by atoms with Crippen LogP contribution < -0.4 is 5.56 Å². The molecule has 0 aliphatic heterocycles. The summed E-state index contributed by atoms with van der Waals surface area (Å²) in [5.74, 6) is 0. The Hall–Kier alpha value is -1.57. The van der Waals surface area contributed by atoms with Gasteiger partial charge in [-0.05, 0) is 25.5 Å². The number of nitrogens with one attached hydrogen (secondary N) is 1. The zero-order valence-electron chi connectivity index (χ0n) is 9.72. The highest BCUT2D eigenvalue weighted by Gasteiger charge is 2.02. The van der Waals surface area contributed by atoms with Gasteiger partial charge in [-0.1, -0.05) is 32.0 Å². The first-order valence-corrected chi connectivity index (χ1v) is 5.28. The molecule has 1 heterocycles. The van der Waals surface area contributed by atoms with Crippen LogP contribution >= 0.6 is 0 Å². The van der Waals surface area contributed by atoms with Gasteiger partial charge in [-0.25, -0.2) is 0 Å². The Morgan fingerprint density at radius 3 is 2.27 bits per heavy atom. The van der Waals surface area contributed by atoms with E-state index in [-0.39, 0.29) is 5.56 Å². The van der Waals surface area contributed by atoms with Crippen LogP contribution in [0.1, 0.15) is 25.0 Å². The van der Waals surface area contributed by atoms with Gasteiger partial charge in [-0.2, -0.15) is 0 Å². The second-order valence-corrected chi connectivity index (χ2v) is 3.25. The number of aromatic amines is 1. The van der Waals surface area contributed by atoms with Crippen molar-refractivity contribution in [3.63, 3.8) is 0 Å². The van der Waals surface area contributed by atoms with Crippen LogP contribution in [0.15, 0.2) is 29.1 Å². The number of pyridine rings is 1. The summed E-state index contributed by atoms with van der Waals surface area (Å²) in [5.41, 5.74) is 2.80. The van der Waals surface area contributed by atoms with E-state index < -0.39 is 0 Å². The minimum Gasteiger partial charge on any atom is -0.322 e. The minimum absolute atomic E-state index is 0.0104. The molecule has 0 fully saturated rings. The van der Waals surface area contributed by atoms with Gasteiger partial charge in [0.05, 0.1) is 0 Å². The van der Waals surface area contributed by atoms with Crippen molar-refractivity contribution in [2.75, 3.05) is 0 Å². The van der Waals surface area contributed by atoms with Crippen LogP contribution in [0.3, 0.4) is 0 Å². The number of aryl methyl sites for hydroxylation is 1. The largest absolute Gasteiger partial charge is 0.322 e. The third-order valence-corrected chi connectivity index (χ3v) is 2.48. The third kappa shape index (κ3) is 2.09. The molecule has 15 heavy (non-hydrogen) atoms. The lowest BCUT2D eigenvalue weighted by atomic mass is 10.1. The first-order chi connectivity index (χ1) is 7.20. The molecule has 2 nitrogen and oxygen atoms in total. The number of para-hydroxylation sites is 1. The summed E-state index contributed by atoms with van der Waals surface area (Å²) >= 11 is 0. The van der Waals surface area contributed by atoms with Gasteiger partial charge in [0.15, 0.2) is 0 Å². The molecule has 80 valence electrons. The zero-order chi connectivity index (χ0) is 11.4. The summed E-state index contributed by atoms with van der Waals surface area (Å²) in [6.45, 7) is 7.83. The average molecular weight is 203 g/mol. The van der Waals surface area contributed by atoms with Crippen LogP contribution in [0.25, 0.3) is 10.9 Å². The summed E-state index contributed by atoms with van der Waals surface area (Å²) < 4.78 is 0. The maximum atomic E-state index is 11.4. The van der Waals surface area contributed by atoms with Gasteiger partial charge in [0.2, 0.25) is 0 Å². The minimum atomic E-state index is 0.0104. The predicted molar refractivity (Wildman–Crippen MR) is 65.4 cm³/mol. The summed E-state index contributed by atoms with van der Waals surface area (Å²) in [4.78, 5) is 14.2. The summed E-state index contributed by atoms with van der Waals surface area (Å²) in [7, 11) is 0. The summed E-state index contributed by atoms with van der Waals surface area (Å²) in [5, 5.41) is 1.12. The Kier molecular flexibility index (Phi) is 3.67. The molecule has 2 aromatic rings. The Bertz CT molecular complexity index is 511. The summed E-state index contributed by atoms with van der Waals surface area (Å²) in [6.07, 6.45) is 0. The van der Waals surface area contributed by atoms with Crippen LogP contribution in [0.4, 0.5) is 0 Å². The lowest BCUT2D eigenvalue weighted by Crippen LogP contribution is -2.10. The first-order valence-electron chi connectivity index (χ1n) is 5.28. The Morgan fingerprint density at radius 2 is 1.60 bits per heavy atom. The van der Waals surface area contributed by atoms with E-state index >= 15 is 0 Å². The molecule has 0 radical (unpaired) electrons. The molecule has 1 aromatic carbocycles. The zero-order valence-corrected chi connectivity index (χ0v) is 9.72. The van der Waals surface area contributed by atoms with E-state index in [1.807, 2.05) is 52.0 Å². The molecule has 0 amide bonds. The van der Waals surface area contributed by atoms with E-state index in [1.165, 1.54) is 0 Å². The van der Waals surface area contributed by atoms with E-state index in [2.05, 4.69) is 4.98 Å². The van der Waals surface area contributed by atoms with Crippen LogP contribution in [0, 0.1) is 13.8 Å². The van der Waals surface area contributed by atoms with E-state index in [4.69, 9.17) is 0 Å². The standard InChI is InChI=1S/C11H11NO.C2H6/c1-7-8(2)11(13)12-10-6-4-3-5-9(7)10;1-2/h3-6H,1-2H3,(H,12,13);1-2H3. The smallest absolute Gasteiger partial charge is 0.251 e. The molecular weight excluding hydrogens is 186 g/mol. The van der Waals surface area contributed by atoms with Crippen molar-refractivity contribution in [1.29, 1.82) is 0 Å². The Labute approximate surface area is 90.0 Å². The topological polar surface area (TPSA) is 32.9 Å². The lowest BCUT2D eigenvalue weighted by molar-refractivity contribution is 1.20. The van der Waals surface area contributed by atoms with Crippen molar-refractivity contribution >= 4 is 10.9 Å². The molecule has 0 spiro atoms. The predicted octanol–water partition coefficient (Wildman–Crippen LogP) is 3.17. The van der Waals surface area contributed by atoms with Crippen molar-refractivity contribution in [1.82, 2.24) is 4.98 Å². The molecule has 1 N–H and O–H groups in total. The maximum absolute atomic E-state index is 11.4. The molecular formula is C13H17NO. The van der Waals surface area contributed by atoms with Crippen LogP contribution in [-0.2, 0) is 0 Å². The van der Waals surface area contributed by atoms with Gasteiger partial charge in [-0.3, -0.25) is 4.79 Å². The second-order valence-electron chi connectivity index (χ2n) is 3.25. The van der Waals surface area contributed by atoms with Crippen molar-refractivity contribution in [2.24, 2.45) is 0 Å². The maximum Gasteiger partial charge on any atom is 0.251 e. The van der Waals surface area contributed by atoms with Crippen molar-refractivity contribution in [2.45, 2.75) is 27.7 Å². The van der Waals surface area contributed by atoms with Gasteiger partial charge in [0.1, 0.15) is 0 Å². The fourth-order valence-corrected chi connectivity index (χ4v) is 1.51. The normalized spacial score (nSPS) is 9.60. The van der Waals surface area contributed by atoms with Crippen LogP contribution in [-0.4, -0.2) is 4.98 Å². The lowest BCUT2D eigenvalue weighted by Gasteiger charge is -2.03. The van der Waals surface area contributed by atoms with Gasteiger partial charge in [0, 0.05) is 16.5 Å². The number of benzene rings is 1. The van der Waals surface area contributed by atoms with Gasteiger partial charge < -0.3 is 4.98 Å². The Balaban J connectivity index is 0.000000531. The summed E-state index contributed by atoms with van der Waals surface area (Å²) in [6, 6.07) is 7.84. The quantitative estimate of drug-likeness (QED) is 0.701. The highest BCUT2D eigenvalue weighted by molar-refractivity contribution is 5.82. The number of H-pyrrole nitrogens is 1. The first kappa shape index (κ1) is 11.5. The van der Waals surface area contributed by atoms with E-state index in [0.717, 1.165) is 22.0 Å². The molecule has 0 aliphatic rings. The SMILES string of the molecule is CC.Cc1c(C)c2ccccc2[nH]c1=O. The fourth-order valence-electron chi connectivity index (χ4n) is 1.51. The molecule has 0 unspecified atom stereocenters. The van der Waals surface area contributed by atoms with Crippen molar-refractivity contribution < 1.29 is 0 Å². The molecule has 0 saturated heterocycles.